The topological polar surface area (TPSA) is 69.0 Å². The molecule has 6 nitrogen and oxygen atoms in total. The van der Waals surface area contributed by atoms with Gasteiger partial charge in [0.2, 0.25) is 5.95 Å². The molecule has 0 unspecified atom stereocenters. The van der Waals surface area contributed by atoms with Gasteiger partial charge in [0, 0.05) is 32.7 Å². The summed E-state index contributed by atoms with van der Waals surface area (Å²) < 4.78 is 8.14. The van der Waals surface area contributed by atoms with Crippen LogP contribution < -0.4 is 5.32 Å². The van der Waals surface area contributed by atoms with Gasteiger partial charge in [0.05, 0.1) is 21.3 Å². The third-order valence-electron chi connectivity index (χ3n) is 4.72. The molecule has 0 aliphatic rings. The van der Waals surface area contributed by atoms with Crippen molar-refractivity contribution < 1.29 is 9.53 Å². The minimum absolute atomic E-state index is 0.112. The number of aryl methyl sites for hydroxylation is 2. The van der Waals surface area contributed by atoms with E-state index in [2.05, 4.69) is 34.3 Å². The molecule has 0 bridgehead atoms. The Morgan fingerprint density at radius 1 is 1.18 bits per heavy atom. The molecule has 0 atom stereocenters. The number of carbonyl (C=O) groups is 1. The van der Waals surface area contributed by atoms with Crippen LogP contribution in [0.2, 0.25) is 0 Å². The molecule has 0 saturated heterocycles. The maximum absolute atomic E-state index is 12.4. The Kier molecular flexibility index (Phi) is 5.11. The second-order valence-electron chi connectivity index (χ2n) is 6.83. The van der Waals surface area contributed by atoms with Crippen molar-refractivity contribution in [3.8, 4) is 0 Å². The molecule has 0 radical (unpaired) electrons. The fourth-order valence-corrected chi connectivity index (χ4v) is 4.15. The van der Waals surface area contributed by atoms with E-state index in [0.717, 1.165) is 32.8 Å². The van der Waals surface area contributed by atoms with Crippen molar-refractivity contribution in [1.82, 2.24) is 14.5 Å². The maximum atomic E-state index is 12.4. The molecule has 0 aliphatic heterocycles. The predicted octanol–water partition coefficient (Wildman–Crippen LogP) is 4.84. The number of aromatic nitrogens is 3. The Morgan fingerprint density at radius 2 is 2.04 bits per heavy atom. The first-order valence-electron chi connectivity index (χ1n) is 9.18. The summed E-state index contributed by atoms with van der Waals surface area (Å²) in [7, 11) is 3.60. The average Bonchev–Trinajstić information content (AvgIpc) is 3.21. The molecular weight excluding hydrogens is 372 g/mol. The van der Waals surface area contributed by atoms with Gasteiger partial charge in [-0.2, -0.15) is 0 Å². The Labute approximate surface area is 167 Å². The number of rotatable bonds is 7. The van der Waals surface area contributed by atoms with Crippen LogP contribution in [0.4, 0.5) is 11.1 Å². The molecule has 2 aromatic heterocycles. The number of ether oxygens (including phenoxy) is 1. The molecule has 144 valence electrons. The molecule has 0 fully saturated rings. The number of nitrogens with one attached hydrogen (secondary N) is 1. The van der Waals surface area contributed by atoms with Crippen LogP contribution in [-0.4, -0.2) is 34.0 Å². The summed E-state index contributed by atoms with van der Waals surface area (Å²) in [5.74, 6) is 0.815. The van der Waals surface area contributed by atoms with Crippen molar-refractivity contribution in [1.29, 1.82) is 0 Å². The summed E-state index contributed by atoms with van der Waals surface area (Å²) in [5, 5.41) is 4.12. The number of hydrogen-bond acceptors (Lipinski definition) is 6. The summed E-state index contributed by atoms with van der Waals surface area (Å²) in [6.45, 7) is 2.67. The third-order valence-corrected chi connectivity index (χ3v) is 5.65. The smallest absolute Gasteiger partial charge is 0.209 e. The van der Waals surface area contributed by atoms with Gasteiger partial charge in [0.25, 0.3) is 0 Å². The lowest BCUT2D eigenvalue weighted by molar-refractivity contribution is 0.0963. The zero-order valence-electron chi connectivity index (χ0n) is 16.2. The lowest BCUT2D eigenvalue weighted by atomic mass is 10.1. The first kappa shape index (κ1) is 18.6. The van der Waals surface area contributed by atoms with Crippen LogP contribution in [0.15, 0.2) is 36.4 Å². The fourth-order valence-electron chi connectivity index (χ4n) is 3.19. The Balaban J connectivity index is 1.60. The highest BCUT2D eigenvalue weighted by Gasteiger charge is 2.13. The van der Waals surface area contributed by atoms with E-state index in [-0.39, 0.29) is 5.78 Å². The van der Waals surface area contributed by atoms with Crippen LogP contribution in [0.25, 0.3) is 21.3 Å². The van der Waals surface area contributed by atoms with E-state index in [9.17, 15) is 4.79 Å². The van der Waals surface area contributed by atoms with Crippen molar-refractivity contribution in [3.63, 3.8) is 0 Å². The number of ketones is 1. The molecule has 1 N–H and O–H groups in total. The number of hydrogen-bond donors (Lipinski definition) is 1. The van der Waals surface area contributed by atoms with Gasteiger partial charge < -0.3 is 14.6 Å². The quantitative estimate of drug-likeness (QED) is 0.359. The molecule has 2 heterocycles. The highest BCUT2D eigenvalue weighted by Crippen LogP contribution is 2.30. The summed E-state index contributed by atoms with van der Waals surface area (Å²) in [4.78, 5) is 21.7. The number of nitrogens with zero attached hydrogens (tertiary/aromatic N) is 3. The third kappa shape index (κ3) is 3.63. The van der Waals surface area contributed by atoms with E-state index in [1.165, 1.54) is 5.56 Å². The number of Topliss-reactive ketones (excluding diaryl/α,β-unsaturated/α-hetero) is 1. The van der Waals surface area contributed by atoms with Gasteiger partial charge in [-0.05, 0) is 49.2 Å². The number of benzene rings is 2. The Hall–Kier alpha value is -2.77. The van der Waals surface area contributed by atoms with Gasteiger partial charge in [0.15, 0.2) is 10.9 Å². The Morgan fingerprint density at radius 3 is 2.86 bits per heavy atom. The van der Waals surface area contributed by atoms with Crippen molar-refractivity contribution in [2.75, 3.05) is 19.0 Å². The molecule has 0 aliphatic carbocycles. The molecule has 2 aromatic carbocycles. The first-order chi connectivity index (χ1) is 13.5. The number of methoxy groups -OCH3 is 1. The molecule has 0 spiro atoms. The second kappa shape index (κ2) is 7.69. The van der Waals surface area contributed by atoms with E-state index in [0.29, 0.717) is 24.5 Å². The minimum Gasteiger partial charge on any atom is -0.385 e. The molecule has 28 heavy (non-hydrogen) atoms. The molecule has 4 aromatic rings. The van der Waals surface area contributed by atoms with Crippen molar-refractivity contribution in [2.45, 2.75) is 19.8 Å². The van der Waals surface area contributed by atoms with Gasteiger partial charge in [-0.1, -0.05) is 17.4 Å². The van der Waals surface area contributed by atoms with Gasteiger partial charge in [-0.15, -0.1) is 0 Å². The number of imidazole rings is 1. The average molecular weight is 395 g/mol. The summed E-state index contributed by atoms with van der Waals surface area (Å²) in [6, 6.07) is 11.9. The van der Waals surface area contributed by atoms with Crippen LogP contribution in [0.5, 0.6) is 0 Å². The fraction of sp³-hybridized carbons (Fsp3) is 0.286. The number of carbonyl (C=O) groups excluding carboxylic acids is 1. The van der Waals surface area contributed by atoms with Crippen LogP contribution in [0.3, 0.4) is 0 Å². The highest BCUT2D eigenvalue weighted by molar-refractivity contribution is 7.22. The zero-order valence-corrected chi connectivity index (χ0v) is 17.0. The largest absolute Gasteiger partial charge is 0.385 e. The van der Waals surface area contributed by atoms with E-state index in [1.54, 1.807) is 18.4 Å². The standard InChI is InChI=1S/C21H22N4O2S/c1-13-6-8-15-19(11-13)28-21(23-15)24-20-22-16-12-14(7-9-17(16)25(20)2)18(26)5-4-10-27-3/h6-9,11-12H,4-5,10H2,1-3H3,(H,22,23,24). The summed E-state index contributed by atoms with van der Waals surface area (Å²) in [5.41, 5.74) is 4.63. The van der Waals surface area contributed by atoms with Gasteiger partial charge in [-0.25, -0.2) is 9.97 Å². The lowest BCUT2D eigenvalue weighted by Crippen LogP contribution is -2.01. The summed E-state index contributed by atoms with van der Waals surface area (Å²) in [6.07, 6.45) is 1.20. The normalized spacial score (nSPS) is 11.4. The lowest BCUT2D eigenvalue weighted by Gasteiger charge is -2.03. The number of fused-ring (bicyclic) bond motifs is 2. The monoisotopic (exact) mass is 394 g/mol. The molecule has 4 rings (SSSR count). The number of anilines is 2. The second-order valence-corrected chi connectivity index (χ2v) is 7.86. The van der Waals surface area contributed by atoms with E-state index >= 15 is 0 Å². The van der Waals surface area contributed by atoms with Crippen molar-refractivity contribution in [2.24, 2.45) is 7.05 Å². The number of thiazole rings is 1. The molecule has 0 amide bonds. The van der Waals surface area contributed by atoms with Gasteiger partial charge in [0.1, 0.15) is 0 Å². The van der Waals surface area contributed by atoms with Crippen molar-refractivity contribution >= 4 is 49.4 Å². The van der Waals surface area contributed by atoms with Crippen LogP contribution in [-0.2, 0) is 11.8 Å². The van der Waals surface area contributed by atoms with Crippen LogP contribution in [0, 0.1) is 6.92 Å². The van der Waals surface area contributed by atoms with Crippen LogP contribution in [0.1, 0.15) is 28.8 Å². The first-order valence-corrected chi connectivity index (χ1v) is 9.99. The molecular formula is C21H22N4O2S. The van der Waals surface area contributed by atoms with E-state index in [1.807, 2.05) is 35.9 Å². The zero-order chi connectivity index (χ0) is 19.7. The van der Waals surface area contributed by atoms with Gasteiger partial charge >= 0.3 is 0 Å². The van der Waals surface area contributed by atoms with E-state index in [4.69, 9.17) is 4.74 Å². The van der Waals surface area contributed by atoms with Crippen molar-refractivity contribution in [3.05, 3.63) is 47.5 Å². The maximum Gasteiger partial charge on any atom is 0.209 e. The SMILES string of the molecule is COCCCC(=O)c1ccc2c(c1)nc(Nc1nc3ccc(C)cc3s1)n2C. The molecule has 0 saturated carbocycles. The summed E-state index contributed by atoms with van der Waals surface area (Å²) >= 11 is 1.60. The molecule has 7 heteroatoms. The highest BCUT2D eigenvalue weighted by atomic mass is 32.1. The Bertz CT molecular complexity index is 1160. The van der Waals surface area contributed by atoms with Crippen LogP contribution >= 0.6 is 11.3 Å². The van der Waals surface area contributed by atoms with E-state index < -0.39 is 0 Å². The van der Waals surface area contributed by atoms with Gasteiger partial charge in [-0.3, -0.25) is 4.79 Å². The predicted molar refractivity (Wildman–Crippen MR) is 114 cm³/mol. The minimum atomic E-state index is 0.112.